The average Bonchev–Trinajstić information content (AvgIpc) is 2.04. The van der Waals surface area contributed by atoms with E-state index in [1.54, 1.807) is 0 Å². The molecule has 1 nitrogen and oxygen atoms in total. The third-order valence-corrected chi connectivity index (χ3v) is 2.60. The Bertz CT molecular complexity index is 140. The number of rotatable bonds is 4. The third kappa shape index (κ3) is 2.37. The summed E-state index contributed by atoms with van der Waals surface area (Å²) in [5.41, 5.74) is 0. The molecule has 0 spiro atoms. The van der Waals surface area contributed by atoms with Gasteiger partial charge in [0, 0.05) is 0 Å². The van der Waals surface area contributed by atoms with E-state index in [9.17, 15) is 0 Å². The van der Waals surface area contributed by atoms with Crippen LogP contribution in [-0.4, -0.2) is 29.8 Å². The van der Waals surface area contributed by atoms with Crippen LogP contribution in [0, 0.1) is 0 Å². The molecule has 0 heterocycles. The molecule has 0 bridgehead atoms. The van der Waals surface area contributed by atoms with Crippen LogP contribution < -0.4 is 5.32 Å². The van der Waals surface area contributed by atoms with Crippen molar-refractivity contribution in [2.45, 2.75) is 43.4 Å². The van der Waals surface area contributed by atoms with Crippen molar-refractivity contribution < 1.29 is 0 Å². The maximum atomic E-state index is 3.62. The van der Waals surface area contributed by atoms with Crippen molar-refractivity contribution in [3.8, 4) is 0 Å². The Kier molecular flexibility index (Phi) is 3.72. The molecule has 11 heavy (non-hydrogen) atoms. The molecule has 1 N–H and O–H groups in total. The summed E-state index contributed by atoms with van der Waals surface area (Å²) in [7, 11) is 0. The Morgan fingerprint density at radius 3 is 2.27 bits per heavy atom. The monoisotopic (exact) mass is 145 g/mol. The third-order valence-electron chi connectivity index (χ3n) is 2.60. The van der Waals surface area contributed by atoms with E-state index < -0.39 is 0 Å². The van der Waals surface area contributed by atoms with Crippen LogP contribution in [0.1, 0.15) is 26.7 Å². The Morgan fingerprint density at radius 1 is 1.36 bits per heavy atom. The van der Waals surface area contributed by atoms with Crippen molar-refractivity contribution in [3.63, 3.8) is 0 Å². The second-order valence-corrected chi connectivity index (χ2v) is 3.45. The number of nitrogens with one attached hydrogen (secondary N) is 1. The van der Waals surface area contributed by atoms with Gasteiger partial charge in [0.25, 0.3) is 0 Å². The Morgan fingerprint density at radius 2 is 2.00 bits per heavy atom. The van der Waals surface area contributed by atoms with Crippen LogP contribution in [0.25, 0.3) is 0 Å². The number of hydrogen-bond acceptors (Lipinski definition) is 1. The Hall–Kier alpha value is 0.297. The van der Waals surface area contributed by atoms with Crippen LogP contribution >= 0.6 is 0 Å². The van der Waals surface area contributed by atoms with Gasteiger partial charge in [0.2, 0.25) is 0 Å². The molecule has 1 aliphatic rings. The predicted octanol–water partition coefficient (Wildman–Crippen LogP) is 1.66. The summed E-state index contributed by atoms with van der Waals surface area (Å²) in [5.74, 6) is 0. The van der Waals surface area contributed by atoms with E-state index in [-0.39, 0.29) is 0 Å². The molecular weight excluding hydrogens is 129 g/mol. The fourth-order valence-corrected chi connectivity index (χ4v) is 1.45. The fraction of sp³-hybridized carbons (Fsp3) is 0.778. The van der Waals surface area contributed by atoms with Gasteiger partial charge >= 0.3 is 78.5 Å². The molecule has 2 unspecified atom stereocenters. The SMILES string of the molecule is [Li][CH]1C=CC1NC(CC)CC. The van der Waals surface area contributed by atoms with Gasteiger partial charge in [-0.15, -0.1) is 0 Å². The van der Waals surface area contributed by atoms with E-state index in [4.69, 9.17) is 0 Å². The van der Waals surface area contributed by atoms with Crippen molar-refractivity contribution in [3.05, 3.63) is 12.2 Å². The standard InChI is InChI=1S/C9H16N.Li/c1-3-8(4-2)10-9-6-5-7-9;/h5-10H,3-4H2,1-2H3;. The summed E-state index contributed by atoms with van der Waals surface area (Å²) in [6, 6.07) is 1.37. The van der Waals surface area contributed by atoms with Crippen molar-refractivity contribution in [2.75, 3.05) is 0 Å². The van der Waals surface area contributed by atoms with Crippen LogP contribution in [-0.2, 0) is 0 Å². The molecule has 1 aliphatic carbocycles. The first-order valence-electron chi connectivity index (χ1n) is 4.72. The zero-order chi connectivity index (χ0) is 8.27. The molecule has 0 aromatic carbocycles. The van der Waals surface area contributed by atoms with Gasteiger partial charge in [0.1, 0.15) is 0 Å². The van der Waals surface area contributed by atoms with E-state index in [2.05, 4.69) is 49.0 Å². The fourth-order valence-electron chi connectivity index (χ4n) is 1.45. The van der Waals surface area contributed by atoms with E-state index >= 15 is 0 Å². The van der Waals surface area contributed by atoms with E-state index in [0.29, 0.717) is 12.1 Å². The van der Waals surface area contributed by atoms with Crippen molar-refractivity contribution in [1.29, 1.82) is 0 Å². The van der Waals surface area contributed by atoms with Crippen LogP contribution in [0.2, 0.25) is 4.59 Å². The van der Waals surface area contributed by atoms with Gasteiger partial charge in [0.15, 0.2) is 0 Å². The second kappa shape index (κ2) is 4.35. The summed E-state index contributed by atoms with van der Waals surface area (Å²) < 4.78 is 0.746. The normalized spacial score (nSPS) is 29.2. The van der Waals surface area contributed by atoms with Gasteiger partial charge in [-0.2, -0.15) is 0 Å². The number of hydrogen-bond donors (Lipinski definition) is 1. The first kappa shape index (κ1) is 9.39. The predicted molar refractivity (Wildman–Crippen MR) is 49.9 cm³/mol. The quantitative estimate of drug-likeness (QED) is 0.468. The molecule has 0 aliphatic heterocycles. The van der Waals surface area contributed by atoms with Gasteiger partial charge < -0.3 is 0 Å². The van der Waals surface area contributed by atoms with E-state index in [1.807, 2.05) is 0 Å². The molecule has 2 heteroatoms. The summed E-state index contributed by atoms with van der Waals surface area (Å²) in [5, 5.41) is 3.62. The minimum absolute atomic E-state index is 0.653. The van der Waals surface area contributed by atoms with Crippen molar-refractivity contribution >= 4 is 17.7 Å². The average molecular weight is 145 g/mol. The molecule has 0 amide bonds. The Balaban J connectivity index is 2.24. The van der Waals surface area contributed by atoms with E-state index in [0.717, 1.165) is 4.59 Å². The van der Waals surface area contributed by atoms with Crippen LogP contribution in [0.3, 0.4) is 0 Å². The first-order valence-corrected chi connectivity index (χ1v) is 4.72. The van der Waals surface area contributed by atoms with Gasteiger partial charge in [-0.05, 0) is 0 Å². The van der Waals surface area contributed by atoms with Crippen molar-refractivity contribution in [1.82, 2.24) is 5.32 Å². The zero-order valence-electron chi connectivity index (χ0n) is 7.80. The Labute approximate surface area is 78.8 Å². The molecule has 0 fully saturated rings. The van der Waals surface area contributed by atoms with E-state index in [1.165, 1.54) is 12.8 Å². The molecule has 0 saturated heterocycles. The molecule has 1 rings (SSSR count). The summed E-state index contributed by atoms with van der Waals surface area (Å²) in [4.78, 5) is 0. The molecular formula is C9H16LiN. The first-order chi connectivity index (χ1) is 5.27. The molecule has 0 aromatic rings. The van der Waals surface area contributed by atoms with Crippen LogP contribution in [0.4, 0.5) is 0 Å². The minimum atomic E-state index is 0.653. The van der Waals surface area contributed by atoms with Crippen LogP contribution in [0.5, 0.6) is 0 Å². The topological polar surface area (TPSA) is 12.0 Å². The molecule has 2 atom stereocenters. The maximum absolute atomic E-state index is 3.62. The zero-order valence-corrected chi connectivity index (χ0v) is 7.80. The molecule has 58 valence electrons. The summed E-state index contributed by atoms with van der Waals surface area (Å²) >= 11 is 2.26. The molecule has 0 radical (unpaired) electrons. The van der Waals surface area contributed by atoms with Gasteiger partial charge in [-0.1, -0.05) is 0 Å². The molecule has 0 saturated carbocycles. The van der Waals surface area contributed by atoms with Gasteiger partial charge in [-0.3, -0.25) is 0 Å². The van der Waals surface area contributed by atoms with Gasteiger partial charge in [0.05, 0.1) is 0 Å². The summed E-state index contributed by atoms with van der Waals surface area (Å²) in [6.07, 6.45) is 7.02. The molecule has 0 aromatic heterocycles. The summed E-state index contributed by atoms with van der Waals surface area (Å²) in [6.45, 7) is 4.49. The van der Waals surface area contributed by atoms with Crippen molar-refractivity contribution in [2.24, 2.45) is 0 Å². The van der Waals surface area contributed by atoms with Gasteiger partial charge in [-0.25, -0.2) is 0 Å². The second-order valence-electron chi connectivity index (χ2n) is 3.45. The van der Waals surface area contributed by atoms with Crippen LogP contribution in [0.15, 0.2) is 12.2 Å².